The molecule has 1 rings (SSSR count). The Bertz CT molecular complexity index is 216. The lowest BCUT2D eigenvalue weighted by atomic mass is 9.69. The van der Waals surface area contributed by atoms with Crippen LogP contribution >= 0.6 is 0 Å². The van der Waals surface area contributed by atoms with Crippen molar-refractivity contribution in [3.05, 3.63) is 0 Å². The van der Waals surface area contributed by atoms with Crippen molar-refractivity contribution in [2.75, 3.05) is 0 Å². The van der Waals surface area contributed by atoms with Crippen molar-refractivity contribution >= 4 is 0 Å². The van der Waals surface area contributed by atoms with Crippen LogP contribution in [0.25, 0.3) is 0 Å². The predicted octanol–water partition coefficient (Wildman–Crippen LogP) is 4.53. The van der Waals surface area contributed by atoms with Gasteiger partial charge in [0.25, 0.3) is 0 Å². The van der Waals surface area contributed by atoms with Crippen LogP contribution in [0.4, 0.5) is 0 Å². The predicted molar refractivity (Wildman–Crippen MR) is 64.4 cm³/mol. The van der Waals surface area contributed by atoms with E-state index >= 15 is 0 Å². The van der Waals surface area contributed by atoms with Gasteiger partial charge in [0.2, 0.25) is 0 Å². The fraction of sp³-hybridized carbons (Fsp3) is 0.929. The van der Waals surface area contributed by atoms with Crippen LogP contribution in [-0.4, -0.2) is 0 Å². The van der Waals surface area contributed by atoms with E-state index < -0.39 is 0 Å². The van der Waals surface area contributed by atoms with Crippen LogP contribution < -0.4 is 0 Å². The van der Waals surface area contributed by atoms with Crippen LogP contribution in [0.5, 0.6) is 0 Å². The molecule has 0 aromatic heterocycles. The molecule has 1 nitrogen and oxygen atoms in total. The van der Waals surface area contributed by atoms with Gasteiger partial charge in [-0.3, -0.25) is 0 Å². The molecular formula is C14H25N. The van der Waals surface area contributed by atoms with Gasteiger partial charge in [0.1, 0.15) is 0 Å². The van der Waals surface area contributed by atoms with Gasteiger partial charge in [-0.25, -0.2) is 0 Å². The summed E-state index contributed by atoms with van der Waals surface area (Å²) in [6.07, 6.45) is 8.45. The maximum Gasteiger partial charge on any atom is 0.0689 e. The lowest BCUT2D eigenvalue weighted by molar-refractivity contribution is 0.199. The molecule has 0 aromatic rings. The van der Waals surface area contributed by atoms with E-state index in [9.17, 15) is 5.26 Å². The van der Waals surface area contributed by atoms with Crippen LogP contribution in [0.3, 0.4) is 0 Å². The summed E-state index contributed by atoms with van der Waals surface area (Å²) in [6, 6.07) is 2.61. The van der Waals surface area contributed by atoms with E-state index in [4.69, 9.17) is 0 Å². The molecule has 0 bridgehead atoms. The highest BCUT2D eigenvalue weighted by molar-refractivity contribution is 5.01. The molecule has 15 heavy (non-hydrogen) atoms. The number of hydrogen-bond acceptors (Lipinski definition) is 1. The zero-order valence-electron chi connectivity index (χ0n) is 10.6. The van der Waals surface area contributed by atoms with Gasteiger partial charge < -0.3 is 0 Å². The Kier molecular flexibility index (Phi) is 4.64. The van der Waals surface area contributed by atoms with Crippen LogP contribution in [-0.2, 0) is 0 Å². The van der Waals surface area contributed by atoms with Crippen molar-refractivity contribution in [1.82, 2.24) is 0 Å². The number of nitrogens with zero attached hydrogens (tertiary/aromatic N) is 1. The molecule has 1 aliphatic carbocycles. The molecule has 0 aromatic carbocycles. The van der Waals surface area contributed by atoms with Crippen LogP contribution in [0, 0.1) is 28.6 Å². The van der Waals surface area contributed by atoms with E-state index in [-0.39, 0.29) is 5.41 Å². The maximum absolute atomic E-state index is 9.34. The summed E-state index contributed by atoms with van der Waals surface area (Å²) in [6.45, 7) is 6.85. The van der Waals surface area contributed by atoms with Crippen LogP contribution in [0.15, 0.2) is 0 Å². The standard InChI is InChI=1S/C14H25N/c1-12(2)5-4-8-14(11-15)9-6-13(3)7-10-14/h12-13H,4-10H2,1-3H3. The Morgan fingerprint density at radius 2 is 1.93 bits per heavy atom. The minimum absolute atomic E-state index is 0.0431. The topological polar surface area (TPSA) is 23.8 Å². The highest BCUT2D eigenvalue weighted by Crippen LogP contribution is 2.42. The average molecular weight is 207 g/mol. The van der Waals surface area contributed by atoms with Gasteiger partial charge in [-0.05, 0) is 43.9 Å². The van der Waals surface area contributed by atoms with Crippen molar-refractivity contribution < 1.29 is 0 Å². The zero-order chi connectivity index (χ0) is 11.3. The second-order valence-corrected chi connectivity index (χ2v) is 5.86. The zero-order valence-corrected chi connectivity index (χ0v) is 10.6. The molecule has 0 N–H and O–H groups in total. The van der Waals surface area contributed by atoms with E-state index in [1.165, 1.54) is 25.7 Å². The van der Waals surface area contributed by atoms with Crippen molar-refractivity contribution in [2.24, 2.45) is 17.3 Å². The lowest BCUT2D eigenvalue weighted by Gasteiger charge is -2.33. The Balaban J connectivity index is 2.38. The molecule has 86 valence electrons. The summed E-state index contributed by atoms with van der Waals surface area (Å²) in [7, 11) is 0. The highest BCUT2D eigenvalue weighted by atomic mass is 14.4. The van der Waals surface area contributed by atoms with Gasteiger partial charge in [-0.1, -0.05) is 33.6 Å². The molecule has 1 saturated carbocycles. The molecule has 1 aliphatic rings. The van der Waals surface area contributed by atoms with E-state index in [1.54, 1.807) is 0 Å². The highest BCUT2D eigenvalue weighted by Gasteiger charge is 2.33. The summed E-state index contributed by atoms with van der Waals surface area (Å²) in [5.74, 6) is 1.62. The van der Waals surface area contributed by atoms with Gasteiger partial charge in [0.05, 0.1) is 11.5 Å². The van der Waals surface area contributed by atoms with E-state index in [2.05, 4.69) is 26.8 Å². The van der Waals surface area contributed by atoms with E-state index in [0.717, 1.165) is 31.1 Å². The minimum atomic E-state index is 0.0431. The molecule has 0 radical (unpaired) electrons. The molecule has 1 heteroatoms. The Morgan fingerprint density at radius 3 is 2.40 bits per heavy atom. The first-order valence-corrected chi connectivity index (χ1v) is 6.49. The van der Waals surface area contributed by atoms with Gasteiger partial charge in [0.15, 0.2) is 0 Å². The smallest absolute Gasteiger partial charge is 0.0689 e. The van der Waals surface area contributed by atoms with Crippen LogP contribution in [0.1, 0.15) is 65.7 Å². The third kappa shape index (κ3) is 3.86. The second-order valence-electron chi connectivity index (χ2n) is 5.86. The summed E-state index contributed by atoms with van der Waals surface area (Å²) < 4.78 is 0. The maximum atomic E-state index is 9.34. The van der Waals surface area contributed by atoms with Crippen molar-refractivity contribution in [3.8, 4) is 6.07 Å². The van der Waals surface area contributed by atoms with Crippen LogP contribution in [0.2, 0.25) is 0 Å². The fourth-order valence-corrected chi connectivity index (χ4v) is 2.58. The first-order valence-electron chi connectivity index (χ1n) is 6.49. The Morgan fingerprint density at radius 1 is 1.33 bits per heavy atom. The fourth-order valence-electron chi connectivity index (χ4n) is 2.58. The van der Waals surface area contributed by atoms with Crippen molar-refractivity contribution in [3.63, 3.8) is 0 Å². The monoisotopic (exact) mass is 207 g/mol. The number of hydrogen-bond donors (Lipinski definition) is 0. The molecule has 0 heterocycles. The summed E-state index contributed by atoms with van der Waals surface area (Å²) >= 11 is 0. The van der Waals surface area contributed by atoms with Crippen molar-refractivity contribution in [1.29, 1.82) is 5.26 Å². The van der Waals surface area contributed by atoms with E-state index in [0.29, 0.717) is 0 Å². The normalized spacial score (nSPS) is 31.5. The van der Waals surface area contributed by atoms with Crippen molar-refractivity contribution in [2.45, 2.75) is 65.7 Å². The molecule has 0 aliphatic heterocycles. The summed E-state index contributed by atoms with van der Waals surface area (Å²) in [4.78, 5) is 0. The molecule has 1 fully saturated rings. The number of rotatable bonds is 4. The molecule has 0 unspecified atom stereocenters. The Hall–Kier alpha value is -0.510. The third-order valence-electron chi connectivity index (χ3n) is 3.91. The molecule has 0 saturated heterocycles. The largest absolute Gasteiger partial charge is 0.198 e. The summed E-state index contributed by atoms with van der Waals surface area (Å²) in [5, 5.41) is 9.34. The van der Waals surface area contributed by atoms with Gasteiger partial charge in [-0.15, -0.1) is 0 Å². The van der Waals surface area contributed by atoms with Gasteiger partial charge in [0, 0.05) is 0 Å². The third-order valence-corrected chi connectivity index (χ3v) is 3.91. The molecular weight excluding hydrogens is 182 g/mol. The molecule has 0 atom stereocenters. The first-order chi connectivity index (χ1) is 7.08. The van der Waals surface area contributed by atoms with Gasteiger partial charge in [-0.2, -0.15) is 5.26 Å². The first kappa shape index (κ1) is 12.6. The quantitative estimate of drug-likeness (QED) is 0.664. The van der Waals surface area contributed by atoms with Gasteiger partial charge >= 0.3 is 0 Å². The lowest BCUT2D eigenvalue weighted by Crippen LogP contribution is -2.25. The molecule has 0 spiro atoms. The summed E-state index contributed by atoms with van der Waals surface area (Å²) in [5.41, 5.74) is 0.0431. The molecule has 0 amide bonds. The minimum Gasteiger partial charge on any atom is -0.198 e. The Labute approximate surface area is 94.9 Å². The number of nitriles is 1. The average Bonchev–Trinajstić information content (AvgIpc) is 2.21. The SMILES string of the molecule is CC(C)CCCC1(C#N)CCC(C)CC1. The second kappa shape index (κ2) is 5.54. The van der Waals surface area contributed by atoms with E-state index in [1.807, 2.05) is 0 Å².